The van der Waals surface area contributed by atoms with E-state index in [0.717, 1.165) is 16.8 Å². The molecule has 4 rings (SSSR count). The molecule has 8 nitrogen and oxygen atoms in total. The first kappa shape index (κ1) is 22.2. The monoisotopic (exact) mass is 450 g/mol. The van der Waals surface area contributed by atoms with E-state index in [9.17, 15) is 18.8 Å². The molecule has 0 spiro atoms. The highest BCUT2D eigenvalue weighted by Gasteiger charge is 2.36. The van der Waals surface area contributed by atoms with Crippen molar-refractivity contribution in [2.24, 2.45) is 0 Å². The third kappa shape index (κ3) is 4.48. The summed E-state index contributed by atoms with van der Waals surface area (Å²) in [5.41, 5.74) is 3.08. The fourth-order valence-corrected chi connectivity index (χ4v) is 3.78. The van der Waals surface area contributed by atoms with Gasteiger partial charge in [-0.2, -0.15) is 5.10 Å². The molecule has 3 aromatic rings. The zero-order chi connectivity index (χ0) is 23.5. The minimum atomic E-state index is -0.807. The van der Waals surface area contributed by atoms with Gasteiger partial charge in [0.25, 0.3) is 5.91 Å². The molecule has 0 saturated heterocycles. The largest absolute Gasteiger partial charge is 0.462 e. The zero-order valence-corrected chi connectivity index (χ0v) is 18.2. The van der Waals surface area contributed by atoms with E-state index >= 15 is 0 Å². The molecule has 2 amide bonds. The highest BCUT2D eigenvalue weighted by Crippen LogP contribution is 2.38. The molecule has 0 radical (unpaired) electrons. The summed E-state index contributed by atoms with van der Waals surface area (Å²) in [7, 11) is 0. The molecular formula is C24H23FN4O4. The number of carbonyl (C=O) groups is 3. The van der Waals surface area contributed by atoms with Gasteiger partial charge in [-0.25, -0.2) is 13.9 Å². The van der Waals surface area contributed by atoms with Crippen molar-refractivity contribution in [3.05, 3.63) is 65.6 Å². The van der Waals surface area contributed by atoms with Gasteiger partial charge in [0.05, 0.1) is 24.3 Å². The lowest BCUT2D eigenvalue weighted by Crippen LogP contribution is -2.24. The molecule has 33 heavy (non-hydrogen) atoms. The summed E-state index contributed by atoms with van der Waals surface area (Å²) >= 11 is 0. The van der Waals surface area contributed by atoms with Crippen molar-refractivity contribution < 1.29 is 23.5 Å². The Morgan fingerprint density at radius 2 is 1.82 bits per heavy atom. The van der Waals surface area contributed by atoms with Crippen molar-refractivity contribution >= 4 is 29.3 Å². The number of carbonyl (C=O) groups excluding carboxylic acids is 3. The van der Waals surface area contributed by atoms with Gasteiger partial charge in [0.15, 0.2) is 0 Å². The molecule has 1 aliphatic rings. The lowest BCUT2D eigenvalue weighted by molar-refractivity contribution is -0.123. The van der Waals surface area contributed by atoms with Crippen molar-refractivity contribution in [1.82, 2.24) is 9.78 Å². The van der Waals surface area contributed by atoms with E-state index in [1.54, 1.807) is 43.3 Å². The van der Waals surface area contributed by atoms with Crippen LogP contribution in [-0.2, 0) is 20.7 Å². The van der Waals surface area contributed by atoms with Crippen LogP contribution in [0.1, 0.15) is 42.4 Å². The van der Waals surface area contributed by atoms with Crippen LogP contribution in [0.25, 0.3) is 11.1 Å². The van der Waals surface area contributed by atoms with Crippen molar-refractivity contribution in [3.63, 3.8) is 0 Å². The fraction of sp³-hybridized carbons (Fsp3) is 0.250. The minimum Gasteiger partial charge on any atom is -0.462 e. The van der Waals surface area contributed by atoms with E-state index in [4.69, 9.17) is 4.74 Å². The average molecular weight is 450 g/mol. The van der Waals surface area contributed by atoms with Gasteiger partial charge in [-0.3, -0.25) is 9.59 Å². The second kappa shape index (κ2) is 9.23. The van der Waals surface area contributed by atoms with Gasteiger partial charge in [0.1, 0.15) is 17.7 Å². The maximum Gasteiger partial charge on any atom is 0.338 e. The molecule has 1 unspecified atom stereocenters. The number of rotatable bonds is 7. The first-order chi connectivity index (χ1) is 15.9. The summed E-state index contributed by atoms with van der Waals surface area (Å²) in [6.45, 7) is 3.94. The molecule has 2 heterocycles. The second-order valence-corrected chi connectivity index (χ2v) is 7.53. The number of aryl methyl sites for hydroxylation is 1. The third-order valence-electron chi connectivity index (χ3n) is 5.35. The lowest BCUT2D eigenvalue weighted by atomic mass is 10.0. The summed E-state index contributed by atoms with van der Waals surface area (Å²) in [6, 6.07) is 11.5. The number of ether oxygens (including phenoxy) is 1. The average Bonchev–Trinajstić information content (AvgIpc) is 3.30. The zero-order valence-electron chi connectivity index (χ0n) is 18.2. The Bertz CT molecular complexity index is 1200. The summed E-state index contributed by atoms with van der Waals surface area (Å²) < 4.78 is 19.8. The Hall–Kier alpha value is -4.01. The second-order valence-electron chi connectivity index (χ2n) is 7.53. The van der Waals surface area contributed by atoms with Gasteiger partial charge in [-0.15, -0.1) is 0 Å². The SMILES string of the molecule is CCOC(=O)c1ccc(NC(=O)CC2C(=O)Nc3c(-c4ccc(F)cc4)c(CC)nn32)cc1. The highest BCUT2D eigenvalue weighted by atomic mass is 19.1. The quantitative estimate of drug-likeness (QED) is 0.531. The molecule has 1 aromatic heterocycles. The number of aromatic nitrogens is 2. The van der Waals surface area contributed by atoms with Crippen LogP contribution in [0.4, 0.5) is 15.9 Å². The Labute approximate surface area is 189 Å². The van der Waals surface area contributed by atoms with E-state index in [-0.39, 0.29) is 30.7 Å². The molecule has 0 bridgehead atoms. The van der Waals surface area contributed by atoms with Crippen LogP contribution in [0.15, 0.2) is 48.5 Å². The van der Waals surface area contributed by atoms with Crippen molar-refractivity contribution in [2.45, 2.75) is 32.7 Å². The maximum absolute atomic E-state index is 13.4. The fourth-order valence-electron chi connectivity index (χ4n) is 3.78. The molecule has 1 atom stereocenters. The van der Waals surface area contributed by atoms with Crippen LogP contribution in [0, 0.1) is 5.82 Å². The van der Waals surface area contributed by atoms with Crippen LogP contribution in [0.5, 0.6) is 0 Å². The Morgan fingerprint density at radius 1 is 1.12 bits per heavy atom. The van der Waals surface area contributed by atoms with Gasteiger partial charge in [0, 0.05) is 11.3 Å². The topological polar surface area (TPSA) is 102 Å². The van der Waals surface area contributed by atoms with Crippen molar-refractivity contribution in [1.29, 1.82) is 0 Å². The predicted molar refractivity (Wildman–Crippen MR) is 120 cm³/mol. The van der Waals surface area contributed by atoms with Crippen LogP contribution in [0.3, 0.4) is 0 Å². The number of benzene rings is 2. The van der Waals surface area contributed by atoms with Crippen LogP contribution in [-0.4, -0.2) is 34.2 Å². The molecule has 1 aliphatic heterocycles. The minimum absolute atomic E-state index is 0.119. The van der Waals surface area contributed by atoms with Gasteiger partial charge in [-0.05, 0) is 55.3 Å². The lowest BCUT2D eigenvalue weighted by Gasteiger charge is -2.10. The molecule has 2 aromatic carbocycles. The number of nitrogens with one attached hydrogen (secondary N) is 2. The number of amides is 2. The first-order valence-electron chi connectivity index (χ1n) is 10.7. The number of hydrogen-bond donors (Lipinski definition) is 2. The molecule has 170 valence electrons. The van der Waals surface area contributed by atoms with Crippen molar-refractivity contribution in [3.8, 4) is 11.1 Å². The molecule has 2 N–H and O–H groups in total. The Balaban J connectivity index is 1.51. The third-order valence-corrected chi connectivity index (χ3v) is 5.35. The van der Waals surface area contributed by atoms with Gasteiger partial charge < -0.3 is 15.4 Å². The van der Waals surface area contributed by atoms with E-state index in [1.807, 2.05) is 6.92 Å². The van der Waals surface area contributed by atoms with Gasteiger partial charge in [-0.1, -0.05) is 19.1 Å². The smallest absolute Gasteiger partial charge is 0.338 e. The molecule has 0 aliphatic carbocycles. The number of fused-ring (bicyclic) bond motifs is 1. The molecule has 9 heteroatoms. The van der Waals surface area contributed by atoms with Crippen LogP contribution >= 0.6 is 0 Å². The number of nitrogens with zero attached hydrogens (tertiary/aromatic N) is 2. The normalized spacial score (nSPS) is 14.5. The van der Waals surface area contributed by atoms with Crippen LogP contribution in [0.2, 0.25) is 0 Å². The van der Waals surface area contributed by atoms with E-state index in [2.05, 4.69) is 15.7 Å². The Kier molecular flexibility index (Phi) is 6.21. The Morgan fingerprint density at radius 3 is 2.45 bits per heavy atom. The summed E-state index contributed by atoms with van der Waals surface area (Å²) in [4.78, 5) is 37.0. The summed E-state index contributed by atoms with van der Waals surface area (Å²) in [6.07, 6.45) is 0.487. The number of anilines is 2. The first-order valence-corrected chi connectivity index (χ1v) is 10.7. The van der Waals surface area contributed by atoms with E-state index in [0.29, 0.717) is 23.5 Å². The molecule has 0 saturated carbocycles. The molecular weight excluding hydrogens is 427 g/mol. The summed E-state index contributed by atoms with van der Waals surface area (Å²) in [5.74, 6) is -0.998. The summed E-state index contributed by atoms with van der Waals surface area (Å²) in [5, 5.41) is 10.1. The standard InChI is InChI=1S/C24H23FN4O4/c1-3-18-21(14-5-9-16(25)10-6-14)22-27-23(31)19(29(22)28-18)13-20(30)26-17-11-7-15(8-12-17)24(32)33-4-2/h5-12,19H,3-4,13H2,1-2H3,(H,26,30)(H,27,31). The molecule has 0 fully saturated rings. The highest BCUT2D eigenvalue weighted by molar-refractivity contribution is 6.04. The maximum atomic E-state index is 13.4. The van der Waals surface area contributed by atoms with Crippen LogP contribution < -0.4 is 10.6 Å². The number of esters is 1. The number of halogens is 1. The van der Waals surface area contributed by atoms with E-state index in [1.165, 1.54) is 16.8 Å². The number of hydrogen-bond acceptors (Lipinski definition) is 5. The predicted octanol–water partition coefficient (Wildman–Crippen LogP) is 3.95. The van der Waals surface area contributed by atoms with Gasteiger partial charge >= 0.3 is 5.97 Å². The van der Waals surface area contributed by atoms with Crippen molar-refractivity contribution in [2.75, 3.05) is 17.2 Å². The van der Waals surface area contributed by atoms with E-state index < -0.39 is 12.0 Å². The van der Waals surface area contributed by atoms with Gasteiger partial charge in [0.2, 0.25) is 5.91 Å².